The summed E-state index contributed by atoms with van der Waals surface area (Å²) in [6.45, 7) is 3.90. The molecule has 4 N–H and O–H groups in total. The number of amides is 1. The summed E-state index contributed by atoms with van der Waals surface area (Å²) >= 11 is 0. The summed E-state index contributed by atoms with van der Waals surface area (Å²) < 4.78 is 14.0. The normalized spacial score (nSPS) is 31.2. The Morgan fingerprint density at radius 3 is 2.92 bits per heavy atom. The highest BCUT2D eigenvalue weighted by atomic mass is 19.1. The minimum atomic E-state index is -0.363. The summed E-state index contributed by atoms with van der Waals surface area (Å²) in [7, 11) is 0. The van der Waals surface area contributed by atoms with Crippen LogP contribution in [0.25, 0.3) is 0 Å². The van der Waals surface area contributed by atoms with Gasteiger partial charge in [-0.1, -0.05) is 12.5 Å². The number of aryl methyl sites for hydroxylation is 1. The lowest BCUT2D eigenvalue weighted by Gasteiger charge is -2.37. The van der Waals surface area contributed by atoms with Gasteiger partial charge in [-0.05, 0) is 56.7 Å². The van der Waals surface area contributed by atoms with E-state index < -0.39 is 0 Å². The monoisotopic (exact) mass is 360 g/mol. The van der Waals surface area contributed by atoms with Gasteiger partial charge >= 0.3 is 0 Å². The predicted molar refractivity (Wildman–Crippen MR) is 101 cm³/mol. The molecule has 1 aromatic carbocycles. The molecule has 0 bridgehead atoms. The fraction of sp³-hybridized carbons (Fsp3) is 0.650. The third-order valence-corrected chi connectivity index (χ3v) is 6.26. The molecular weight excluding hydrogens is 331 g/mol. The van der Waals surface area contributed by atoms with Crippen molar-refractivity contribution in [1.29, 1.82) is 0 Å². The number of hydrogen-bond donors (Lipinski definition) is 4. The summed E-state index contributed by atoms with van der Waals surface area (Å²) in [6.07, 6.45) is 6.07. The van der Waals surface area contributed by atoms with E-state index in [0.29, 0.717) is 23.9 Å². The number of carbonyl (C=O) groups is 1. The van der Waals surface area contributed by atoms with Gasteiger partial charge in [-0.2, -0.15) is 0 Å². The minimum absolute atomic E-state index is 0.00363. The van der Waals surface area contributed by atoms with Gasteiger partial charge in [-0.3, -0.25) is 4.79 Å². The van der Waals surface area contributed by atoms with Crippen molar-refractivity contribution < 1.29 is 9.18 Å². The largest absolute Gasteiger partial charge is 0.373 e. The van der Waals surface area contributed by atoms with Gasteiger partial charge in [-0.25, -0.2) is 4.39 Å². The Morgan fingerprint density at radius 1 is 1.27 bits per heavy atom. The number of hydrogen-bond acceptors (Lipinski definition) is 4. The first-order valence-electron chi connectivity index (χ1n) is 9.91. The second-order valence-corrected chi connectivity index (χ2v) is 8.03. The Bertz CT molecular complexity index is 643. The van der Waals surface area contributed by atoms with Crippen molar-refractivity contribution in [2.45, 2.75) is 63.6 Å². The van der Waals surface area contributed by atoms with Crippen molar-refractivity contribution in [3.8, 4) is 0 Å². The molecule has 1 saturated carbocycles. The lowest BCUT2D eigenvalue weighted by molar-refractivity contribution is -0.122. The van der Waals surface area contributed by atoms with Crippen LogP contribution in [-0.2, 0) is 11.2 Å². The molecule has 2 unspecified atom stereocenters. The Balaban J connectivity index is 1.35. The van der Waals surface area contributed by atoms with Crippen molar-refractivity contribution in [3.05, 3.63) is 29.1 Å². The van der Waals surface area contributed by atoms with Crippen LogP contribution < -0.4 is 21.3 Å². The first kappa shape index (κ1) is 17.7. The van der Waals surface area contributed by atoms with E-state index in [1.54, 1.807) is 6.07 Å². The predicted octanol–water partition coefficient (Wildman–Crippen LogP) is 2.05. The molecular formula is C20H29FN4O. The average molecular weight is 360 g/mol. The van der Waals surface area contributed by atoms with Crippen LogP contribution in [0.2, 0.25) is 0 Å². The van der Waals surface area contributed by atoms with E-state index in [-0.39, 0.29) is 23.8 Å². The maximum Gasteiger partial charge on any atom is 0.243 e. The second kappa shape index (κ2) is 7.53. The highest BCUT2D eigenvalue weighted by Gasteiger charge is 2.34. The summed E-state index contributed by atoms with van der Waals surface area (Å²) in [6, 6.07) is 3.68. The Labute approximate surface area is 154 Å². The van der Waals surface area contributed by atoms with Gasteiger partial charge in [0.05, 0.1) is 0 Å². The molecule has 4 atom stereocenters. The van der Waals surface area contributed by atoms with Crippen molar-refractivity contribution in [1.82, 2.24) is 16.0 Å². The maximum absolute atomic E-state index is 14.0. The van der Waals surface area contributed by atoms with Crippen molar-refractivity contribution in [2.24, 2.45) is 5.92 Å². The van der Waals surface area contributed by atoms with Crippen LogP contribution in [0.5, 0.6) is 0 Å². The summed E-state index contributed by atoms with van der Waals surface area (Å²) in [5.74, 6) is 0.414. The van der Waals surface area contributed by atoms with E-state index in [0.717, 1.165) is 50.1 Å². The van der Waals surface area contributed by atoms with Crippen LogP contribution in [-0.4, -0.2) is 37.2 Å². The van der Waals surface area contributed by atoms with Gasteiger partial charge in [0.15, 0.2) is 0 Å². The highest BCUT2D eigenvalue weighted by Crippen LogP contribution is 2.32. The Morgan fingerprint density at radius 2 is 2.15 bits per heavy atom. The lowest BCUT2D eigenvalue weighted by Crippen LogP contribution is -2.52. The molecule has 26 heavy (non-hydrogen) atoms. The molecule has 2 heterocycles. The molecule has 1 saturated heterocycles. The van der Waals surface area contributed by atoms with Crippen molar-refractivity contribution in [3.63, 3.8) is 0 Å². The second-order valence-electron chi connectivity index (χ2n) is 8.03. The van der Waals surface area contributed by atoms with Gasteiger partial charge < -0.3 is 21.3 Å². The van der Waals surface area contributed by atoms with E-state index in [1.807, 2.05) is 6.92 Å². The highest BCUT2D eigenvalue weighted by molar-refractivity contribution is 5.88. The maximum atomic E-state index is 14.0. The van der Waals surface area contributed by atoms with Crippen molar-refractivity contribution >= 4 is 11.6 Å². The molecule has 6 heteroatoms. The Hall–Kier alpha value is -1.66. The number of rotatable bonds is 3. The first-order chi connectivity index (χ1) is 12.6. The molecule has 1 aromatic rings. The zero-order chi connectivity index (χ0) is 18.1. The SMILES string of the molecule is Cc1ccc(F)c2c1NC(C(=O)N[C@@H]1CCC[C@@H](C3CCNCN3)C1)C2. The molecule has 1 aliphatic carbocycles. The molecule has 0 aromatic heterocycles. The molecule has 2 aliphatic heterocycles. The molecule has 142 valence electrons. The molecule has 3 aliphatic rings. The third-order valence-electron chi connectivity index (χ3n) is 6.26. The molecule has 0 spiro atoms. The van der Waals surface area contributed by atoms with Gasteiger partial charge in [0, 0.05) is 36.4 Å². The lowest BCUT2D eigenvalue weighted by atomic mass is 9.79. The summed E-state index contributed by atoms with van der Waals surface area (Å²) in [5, 5.41) is 13.4. The molecule has 5 nitrogen and oxygen atoms in total. The van der Waals surface area contributed by atoms with Gasteiger partial charge in [0.25, 0.3) is 0 Å². The molecule has 4 rings (SSSR count). The standard InChI is InChI=1S/C20H29FN4O/c1-12-5-6-16(21)15-10-18(25-19(12)15)20(26)24-14-4-2-3-13(9-14)17-7-8-22-11-23-17/h5-6,13-14,17-18,22-23,25H,2-4,7-11H2,1H3,(H,24,26)/t13-,14-,17?,18?/m1/s1. The molecule has 2 fully saturated rings. The average Bonchev–Trinajstić information content (AvgIpc) is 3.13. The van der Waals surface area contributed by atoms with E-state index in [1.165, 1.54) is 12.5 Å². The summed E-state index contributed by atoms with van der Waals surface area (Å²) in [5.41, 5.74) is 2.43. The first-order valence-corrected chi connectivity index (χ1v) is 9.91. The van der Waals surface area contributed by atoms with E-state index >= 15 is 0 Å². The number of nitrogens with one attached hydrogen (secondary N) is 4. The van der Waals surface area contributed by atoms with E-state index in [4.69, 9.17) is 0 Å². The van der Waals surface area contributed by atoms with Crippen LogP contribution in [0.15, 0.2) is 12.1 Å². The van der Waals surface area contributed by atoms with Crippen LogP contribution in [0.4, 0.5) is 10.1 Å². The van der Waals surface area contributed by atoms with Gasteiger partial charge in [0.1, 0.15) is 11.9 Å². The fourth-order valence-corrected chi connectivity index (χ4v) is 4.81. The number of anilines is 1. The van der Waals surface area contributed by atoms with E-state index in [9.17, 15) is 9.18 Å². The number of fused-ring (bicyclic) bond motifs is 1. The molecule has 1 amide bonds. The Kier molecular flexibility index (Phi) is 5.14. The van der Waals surface area contributed by atoms with Gasteiger partial charge in [0.2, 0.25) is 5.91 Å². The number of carbonyl (C=O) groups excluding carboxylic acids is 1. The molecule has 0 radical (unpaired) electrons. The van der Waals surface area contributed by atoms with E-state index in [2.05, 4.69) is 21.3 Å². The van der Waals surface area contributed by atoms with Gasteiger partial charge in [-0.15, -0.1) is 0 Å². The zero-order valence-electron chi connectivity index (χ0n) is 15.4. The quantitative estimate of drug-likeness (QED) is 0.666. The zero-order valence-corrected chi connectivity index (χ0v) is 15.4. The third kappa shape index (κ3) is 3.58. The number of benzene rings is 1. The topological polar surface area (TPSA) is 65.2 Å². The van der Waals surface area contributed by atoms with Crippen LogP contribution >= 0.6 is 0 Å². The minimum Gasteiger partial charge on any atom is -0.373 e. The smallest absolute Gasteiger partial charge is 0.243 e. The van der Waals surface area contributed by atoms with Crippen molar-refractivity contribution in [2.75, 3.05) is 18.5 Å². The van der Waals surface area contributed by atoms with Crippen LogP contribution in [0, 0.1) is 18.7 Å². The summed E-state index contributed by atoms with van der Waals surface area (Å²) in [4.78, 5) is 12.8. The van der Waals surface area contributed by atoms with Crippen LogP contribution in [0.3, 0.4) is 0 Å². The van der Waals surface area contributed by atoms with Crippen LogP contribution in [0.1, 0.15) is 43.2 Å². The number of halogens is 1. The fourth-order valence-electron chi connectivity index (χ4n) is 4.81.